The molecule has 0 saturated heterocycles. The highest BCUT2D eigenvalue weighted by molar-refractivity contribution is 9.09. The van der Waals surface area contributed by atoms with Gasteiger partial charge in [0.1, 0.15) is 5.82 Å². The van der Waals surface area contributed by atoms with Crippen LogP contribution >= 0.6 is 15.9 Å². The topological polar surface area (TPSA) is 29.1 Å². The van der Waals surface area contributed by atoms with Crippen LogP contribution in [0.4, 0.5) is 4.39 Å². The van der Waals surface area contributed by atoms with Gasteiger partial charge in [0.25, 0.3) is 5.91 Å². The molecule has 1 fully saturated rings. The Morgan fingerprint density at radius 2 is 2.11 bits per heavy atom. The minimum Gasteiger partial charge on any atom is -0.346 e. The van der Waals surface area contributed by atoms with E-state index < -0.39 is 0 Å². The lowest BCUT2D eigenvalue weighted by atomic mass is 9.99. The highest BCUT2D eigenvalue weighted by Crippen LogP contribution is 2.31. The van der Waals surface area contributed by atoms with Crippen LogP contribution in [-0.4, -0.2) is 16.8 Å². The van der Waals surface area contributed by atoms with Crippen molar-refractivity contribution >= 4 is 21.8 Å². The number of benzene rings is 1. The van der Waals surface area contributed by atoms with Gasteiger partial charge in [-0.15, -0.1) is 0 Å². The summed E-state index contributed by atoms with van der Waals surface area (Å²) in [5.74, 6) is -0.543. The second-order valence-corrected chi connectivity index (χ2v) is 5.60. The van der Waals surface area contributed by atoms with Crippen molar-refractivity contribution in [2.45, 2.75) is 38.1 Å². The summed E-state index contributed by atoms with van der Waals surface area (Å²) in [5.41, 5.74) is 1.08. The number of amides is 1. The van der Waals surface area contributed by atoms with Gasteiger partial charge < -0.3 is 5.32 Å². The number of nitrogens with one attached hydrogen (secondary N) is 1. The van der Waals surface area contributed by atoms with Crippen LogP contribution in [0.1, 0.15) is 41.6 Å². The van der Waals surface area contributed by atoms with Crippen molar-refractivity contribution in [1.29, 1.82) is 0 Å². The SMILES string of the molecule is Cc1ccc(F)cc1C(=O)NC1(CBr)CCCC1. The molecule has 1 aliphatic carbocycles. The Labute approximate surface area is 115 Å². The second-order valence-electron chi connectivity index (χ2n) is 5.03. The molecule has 2 nitrogen and oxygen atoms in total. The molecular weight excluding hydrogens is 297 g/mol. The van der Waals surface area contributed by atoms with E-state index in [1.807, 2.05) is 6.92 Å². The summed E-state index contributed by atoms with van der Waals surface area (Å²) in [6, 6.07) is 4.32. The summed E-state index contributed by atoms with van der Waals surface area (Å²) in [4.78, 5) is 12.2. The van der Waals surface area contributed by atoms with Crippen LogP contribution in [-0.2, 0) is 0 Å². The number of carbonyl (C=O) groups is 1. The van der Waals surface area contributed by atoms with Gasteiger partial charge in [0.2, 0.25) is 0 Å². The first kappa shape index (κ1) is 13.5. The van der Waals surface area contributed by atoms with E-state index in [4.69, 9.17) is 0 Å². The van der Waals surface area contributed by atoms with Gasteiger partial charge in [-0.2, -0.15) is 0 Å². The Bertz CT molecular complexity index is 455. The molecule has 1 aromatic carbocycles. The molecule has 1 aromatic rings. The highest BCUT2D eigenvalue weighted by atomic mass is 79.9. The van der Waals surface area contributed by atoms with Gasteiger partial charge in [-0.3, -0.25) is 4.79 Å². The highest BCUT2D eigenvalue weighted by Gasteiger charge is 2.34. The maximum absolute atomic E-state index is 13.2. The van der Waals surface area contributed by atoms with Crippen molar-refractivity contribution in [2.75, 3.05) is 5.33 Å². The monoisotopic (exact) mass is 313 g/mol. The average molecular weight is 314 g/mol. The van der Waals surface area contributed by atoms with E-state index in [9.17, 15) is 9.18 Å². The molecule has 0 unspecified atom stereocenters. The number of carbonyl (C=O) groups excluding carboxylic acids is 1. The molecule has 98 valence electrons. The fourth-order valence-corrected chi connectivity index (χ4v) is 3.19. The molecule has 0 heterocycles. The van der Waals surface area contributed by atoms with Crippen LogP contribution < -0.4 is 5.32 Å². The quantitative estimate of drug-likeness (QED) is 0.849. The molecule has 1 saturated carbocycles. The first-order valence-corrected chi connectivity index (χ1v) is 7.33. The summed E-state index contributed by atoms with van der Waals surface area (Å²) in [7, 11) is 0. The third kappa shape index (κ3) is 2.74. The molecule has 4 heteroatoms. The van der Waals surface area contributed by atoms with Crippen LogP contribution in [0.3, 0.4) is 0 Å². The van der Waals surface area contributed by atoms with Crippen LogP contribution in [0.2, 0.25) is 0 Å². The maximum atomic E-state index is 13.2. The molecule has 0 aromatic heterocycles. The zero-order valence-electron chi connectivity index (χ0n) is 10.4. The van der Waals surface area contributed by atoms with Crippen LogP contribution in [0.15, 0.2) is 18.2 Å². The summed E-state index contributed by atoms with van der Waals surface area (Å²) >= 11 is 3.48. The lowest BCUT2D eigenvalue weighted by Crippen LogP contribution is -2.47. The van der Waals surface area contributed by atoms with Gasteiger partial charge >= 0.3 is 0 Å². The van der Waals surface area contributed by atoms with Crippen molar-refractivity contribution < 1.29 is 9.18 Å². The van der Waals surface area contributed by atoms with Crippen LogP contribution in [0.5, 0.6) is 0 Å². The third-order valence-corrected chi connectivity index (χ3v) is 4.71. The molecule has 0 atom stereocenters. The number of halogens is 2. The molecule has 0 spiro atoms. The largest absolute Gasteiger partial charge is 0.346 e. The molecule has 0 bridgehead atoms. The van der Waals surface area contributed by atoms with E-state index in [1.54, 1.807) is 6.07 Å². The molecule has 2 rings (SSSR count). The first-order chi connectivity index (χ1) is 8.56. The Kier molecular flexibility index (Phi) is 4.05. The zero-order valence-corrected chi connectivity index (χ0v) is 12.0. The normalized spacial score (nSPS) is 17.7. The van der Waals surface area contributed by atoms with Gasteiger partial charge in [0, 0.05) is 10.9 Å². The molecule has 1 N–H and O–H groups in total. The maximum Gasteiger partial charge on any atom is 0.252 e. The number of rotatable bonds is 3. The Morgan fingerprint density at radius 1 is 1.44 bits per heavy atom. The van der Waals surface area contributed by atoms with Crippen molar-refractivity contribution in [3.63, 3.8) is 0 Å². The smallest absolute Gasteiger partial charge is 0.252 e. The number of hydrogen-bond acceptors (Lipinski definition) is 1. The zero-order chi connectivity index (χ0) is 13.2. The summed E-state index contributed by atoms with van der Waals surface area (Å²) in [5, 5.41) is 3.82. The van der Waals surface area contributed by atoms with Crippen LogP contribution in [0.25, 0.3) is 0 Å². The van der Waals surface area contributed by atoms with E-state index in [-0.39, 0.29) is 17.3 Å². The third-order valence-electron chi connectivity index (χ3n) is 3.64. The number of alkyl halides is 1. The summed E-state index contributed by atoms with van der Waals surface area (Å²) < 4.78 is 13.2. The fraction of sp³-hybridized carbons (Fsp3) is 0.500. The lowest BCUT2D eigenvalue weighted by molar-refractivity contribution is 0.0909. The number of hydrogen-bond donors (Lipinski definition) is 1. The Hall–Kier alpha value is -0.900. The number of aryl methyl sites for hydroxylation is 1. The van der Waals surface area contributed by atoms with E-state index in [2.05, 4.69) is 21.2 Å². The lowest BCUT2D eigenvalue weighted by Gasteiger charge is -2.28. The van der Waals surface area contributed by atoms with Crippen LogP contribution in [0, 0.1) is 12.7 Å². The van der Waals surface area contributed by atoms with Crippen molar-refractivity contribution in [2.24, 2.45) is 0 Å². The molecule has 0 aliphatic heterocycles. The minimum absolute atomic E-state index is 0.157. The average Bonchev–Trinajstić information content (AvgIpc) is 2.81. The Morgan fingerprint density at radius 3 is 2.72 bits per heavy atom. The van der Waals surface area contributed by atoms with Crippen molar-refractivity contribution in [3.05, 3.63) is 35.1 Å². The van der Waals surface area contributed by atoms with E-state index in [0.29, 0.717) is 5.56 Å². The second kappa shape index (κ2) is 5.39. The first-order valence-electron chi connectivity index (χ1n) is 6.21. The van der Waals surface area contributed by atoms with Gasteiger partial charge in [-0.1, -0.05) is 34.8 Å². The minimum atomic E-state index is -0.370. The van der Waals surface area contributed by atoms with Crippen molar-refractivity contribution in [3.8, 4) is 0 Å². The van der Waals surface area contributed by atoms with E-state index >= 15 is 0 Å². The van der Waals surface area contributed by atoms with E-state index in [1.165, 1.54) is 12.1 Å². The predicted octanol–water partition coefficient (Wildman–Crippen LogP) is 3.57. The van der Waals surface area contributed by atoms with Gasteiger partial charge in [-0.25, -0.2) is 4.39 Å². The van der Waals surface area contributed by atoms with Crippen molar-refractivity contribution in [1.82, 2.24) is 5.32 Å². The predicted molar refractivity (Wildman–Crippen MR) is 73.6 cm³/mol. The van der Waals surface area contributed by atoms with Gasteiger partial charge in [-0.05, 0) is 37.5 Å². The summed E-state index contributed by atoms with van der Waals surface area (Å²) in [6.07, 6.45) is 4.23. The molecule has 1 aliphatic rings. The Balaban J connectivity index is 2.18. The van der Waals surface area contributed by atoms with Gasteiger partial charge in [0.05, 0.1) is 5.54 Å². The standard InChI is InChI=1S/C14H17BrFNO/c1-10-4-5-11(16)8-12(10)13(18)17-14(9-15)6-2-3-7-14/h4-5,8H,2-3,6-7,9H2,1H3,(H,17,18). The fourth-order valence-electron chi connectivity index (χ4n) is 2.49. The van der Waals surface area contributed by atoms with E-state index in [0.717, 1.165) is 36.6 Å². The molecule has 0 radical (unpaired) electrons. The summed E-state index contributed by atoms with van der Waals surface area (Å²) in [6.45, 7) is 1.82. The van der Waals surface area contributed by atoms with Gasteiger partial charge in [0.15, 0.2) is 0 Å². The molecule has 1 amide bonds. The molecular formula is C14H17BrFNO. The molecule has 18 heavy (non-hydrogen) atoms.